The second kappa shape index (κ2) is 12.6. The highest BCUT2D eigenvalue weighted by Gasteiger charge is 2.21. The van der Waals surface area contributed by atoms with E-state index in [9.17, 15) is 23.9 Å². The third-order valence-corrected chi connectivity index (χ3v) is 7.29. The summed E-state index contributed by atoms with van der Waals surface area (Å²) in [4.78, 5) is 36.5. The standard InChI is InChI=1S/C16H18FN3O3.C15H15NO2/c1-2-19-9-11(16(22)23)15(21)10-7-12(17)14(8-13(10)19)20-5-3-18-4-6-20;1-10-6-5-9-13(11(10)2)16-14-8-4-3-7-12(14)15(17)18/h7-9,18H,2-6H2,1H3,(H,22,23);3-9,16H,1-2H3,(H,17,18). The molecule has 0 radical (unpaired) electrons. The minimum absolute atomic E-state index is 0.108. The summed E-state index contributed by atoms with van der Waals surface area (Å²) in [5.41, 5.74) is 3.93. The molecule has 0 unspecified atom stereocenters. The maximum Gasteiger partial charge on any atom is 0.341 e. The molecule has 9 nitrogen and oxygen atoms in total. The topological polar surface area (TPSA) is 131 Å². The number of pyridine rings is 1. The molecule has 1 fully saturated rings. The molecule has 0 spiro atoms. The van der Waals surface area contributed by atoms with Gasteiger partial charge in [0.2, 0.25) is 5.43 Å². The highest BCUT2D eigenvalue weighted by atomic mass is 19.1. The van der Waals surface area contributed by atoms with E-state index < -0.39 is 23.2 Å². The van der Waals surface area contributed by atoms with Crippen LogP contribution in [0.5, 0.6) is 0 Å². The quantitative estimate of drug-likeness (QED) is 0.330. The number of nitrogens with two attached hydrogens (primary N) is 1. The molecule has 41 heavy (non-hydrogen) atoms. The van der Waals surface area contributed by atoms with Gasteiger partial charge in [0.1, 0.15) is 11.4 Å². The predicted octanol–water partition coefficient (Wildman–Crippen LogP) is 2.65. The van der Waals surface area contributed by atoms with Crippen LogP contribution in [0.15, 0.2) is 65.6 Å². The van der Waals surface area contributed by atoms with Gasteiger partial charge in [-0.25, -0.2) is 9.18 Å². The van der Waals surface area contributed by atoms with Crippen molar-refractivity contribution in [2.45, 2.75) is 27.3 Å². The molecule has 10 heteroatoms. The molecule has 0 atom stereocenters. The number of aromatic carboxylic acids is 2. The maximum atomic E-state index is 14.5. The van der Waals surface area contributed by atoms with Crippen molar-refractivity contribution in [2.75, 3.05) is 36.4 Å². The lowest BCUT2D eigenvalue weighted by atomic mass is 10.1. The van der Waals surface area contributed by atoms with Crippen molar-refractivity contribution >= 4 is 39.9 Å². The zero-order valence-corrected chi connectivity index (χ0v) is 23.2. The molecule has 4 N–H and O–H groups in total. The summed E-state index contributed by atoms with van der Waals surface area (Å²) in [6, 6.07) is 15.4. The van der Waals surface area contributed by atoms with Crippen LogP contribution in [0.25, 0.3) is 10.9 Å². The molecule has 1 aliphatic heterocycles. The minimum Gasteiger partial charge on any atom is -0.545 e. The number of quaternary nitrogens is 1. The second-order valence-corrected chi connectivity index (χ2v) is 9.84. The maximum absolute atomic E-state index is 14.5. The number of piperazine rings is 1. The summed E-state index contributed by atoms with van der Waals surface area (Å²) < 4.78 is 16.2. The molecule has 2 heterocycles. The van der Waals surface area contributed by atoms with Crippen LogP contribution in [0, 0.1) is 19.7 Å². The van der Waals surface area contributed by atoms with Crippen LogP contribution in [0.2, 0.25) is 0 Å². The molecule has 3 aromatic carbocycles. The van der Waals surface area contributed by atoms with Gasteiger partial charge in [-0.15, -0.1) is 0 Å². The number of fused-ring (bicyclic) bond motifs is 1. The Labute approximate surface area is 236 Å². The fraction of sp³-hybridized carbons (Fsp3) is 0.258. The summed E-state index contributed by atoms with van der Waals surface area (Å²) in [5.74, 6) is -2.96. The van der Waals surface area contributed by atoms with Gasteiger partial charge < -0.3 is 35.1 Å². The number of carboxylic acids is 2. The molecule has 214 valence electrons. The van der Waals surface area contributed by atoms with Crippen molar-refractivity contribution in [3.8, 4) is 0 Å². The molecule has 1 aromatic heterocycles. The first-order valence-electron chi connectivity index (χ1n) is 13.4. The van der Waals surface area contributed by atoms with Gasteiger partial charge in [-0.2, -0.15) is 0 Å². The summed E-state index contributed by atoms with van der Waals surface area (Å²) in [6.07, 6.45) is 1.33. The number of benzene rings is 3. The third-order valence-electron chi connectivity index (χ3n) is 7.29. The van der Waals surface area contributed by atoms with E-state index in [2.05, 4.69) is 10.6 Å². The van der Waals surface area contributed by atoms with Gasteiger partial charge in [-0.1, -0.05) is 30.3 Å². The zero-order chi connectivity index (χ0) is 29.7. The Kier molecular flexibility index (Phi) is 9.04. The van der Waals surface area contributed by atoms with Crippen LogP contribution in [-0.4, -0.2) is 47.8 Å². The van der Waals surface area contributed by atoms with Crippen LogP contribution in [0.3, 0.4) is 0 Å². The molecule has 0 bridgehead atoms. The molecular weight excluding hydrogens is 527 g/mol. The van der Waals surface area contributed by atoms with Crippen molar-refractivity contribution < 1.29 is 29.5 Å². The average molecular weight is 561 g/mol. The number of nitrogens with zero attached hydrogens (tertiary/aromatic N) is 2. The van der Waals surface area contributed by atoms with Crippen LogP contribution >= 0.6 is 0 Å². The number of carbonyl (C=O) groups excluding carboxylic acids is 1. The Balaban J connectivity index is 0.000000195. The zero-order valence-electron chi connectivity index (χ0n) is 23.2. The predicted molar refractivity (Wildman–Crippen MR) is 155 cm³/mol. The first-order chi connectivity index (χ1) is 19.6. The van der Waals surface area contributed by atoms with Crippen molar-refractivity contribution in [2.24, 2.45) is 0 Å². The van der Waals surface area contributed by atoms with E-state index in [1.807, 2.05) is 43.9 Å². The third kappa shape index (κ3) is 6.38. The Morgan fingerprint density at radius 2 is 1.71 bits per heavy atom. The van der Waals surface area contributed by atoms with Gasteiger partial charge in [0, 0.05) is 35.1 Å². The summed E-state index contributed by atoms with van der Waals surface area (Å²) in [7, 11) is 0. The number of para-hydroxylation sites is 1. The Hall–Kier alpha value is -4.70. The number of carbonyl (C=O) groups is 2. The average Bonchev–Trinajstić information content (AvgIpc) is 2.96. The van der Waals surface area contributed by atoms with E-state index in [1.54, 1.807) is 28.8 Å². The van der Waals surface area contributed by atoms with Crippen molar-refractivity contribution in [3.63, 3.8) is 0 Å². The largest absolute Gasteiger partial charge is 0.545 e. The Morgan fingerprint density at radius 1 is 1.02 bits per heavy atom. The summed E-state index contributed by atoms with van der Waals surface area (Å²) >= 11 is 0. The summed E-state index contributed by atoms with van der Waals surface area (Å²) in [6.45, 7) is 9.65. The van der Waals surface area contributed by atoms with Crippen molar-refractivity contribution in [1.82, 2.24) is 4.57 Å². The Morgan fingerprint density at radius 3 is 2.37 bits per heavy atom. The number of hydrogen-bond donors (Lipinski definition) is 3. The van der Waals surface area contributed by atoms with E-state index in [0.717, 1.165) is 43.0 Å². The van der Waals surface area contributed by atoms with Crippen LogP contribution < -0.4 is 26.1 Å². The smallest absolute Gasteiger partial charge is 0.341 e. The number of rotatable bonds is 6. The molecule has 5 rings (SSSR count). The Bertz CT molecular complexity index is 1660. The lowest BCUT2D eigenvalue weighted by Crippen LogP contribution is -2.89. The van der Waals surface area contributed by atoms with Gasteiger partial charge in [0.25, 0.3) is 0 Å². The molecular formula is C31H33FN4O5. The molecule has 4 aromatic rings. The highest BCUT2D eigenvalue weighted by molar-refractivity contribution is 5.94. The van der Waals surface area contributed by atoms with Crippen molar-refractivity contribution in [1.29, 1.82) is 0 Å². The van der Waals surface area contributed by atoms with E-state index >= 15 is 0 Å². The van der Waals surface area contributed by atoms with E-state index in [4.69, 9.17) is 5.11 Å². The highest BCUT2D eigenvalue weighted by Crippen LogP contribution is 2.26. The number of hydrogen-bond acceptors (Lipinski definition) is 6. The van der Waals surface area contributed by atoms with Gasteiger partial charge in [0.15, 0.2) is 0 Å². The number of nitrogens with one attached hydrogen (secondary N) is 1. The lowest BCUT2D eigenvalue weighted by Gasteiger charge is -2.28. The monoisotopic (exact) mass is 560 g/mol. The van der Waals surface area contributed by atoms with Gasteiger partial charge in [0.05, 0.1) is 43.4 Å². The van der Waals surface area contributed by atoms with Crippen LogP contribution in [0.1, 0.15) is 38.8 Å². The van der Waals surface area contributed by atoms with Gasteiger partial charge in [-0.05, 0) is 56.2 Å². The number of halogens is 1. The number of carboxylic acid groups (broad SMARTS) is 2. The number of aromatic nitrogens is 1. The normalized spacial score (nSPS) is 12.9. The van der Waals surface area contributed by atoms with E-state index in [1.165, 1.54) is 18.3 Å². The molecule has 1 aliphatic rings. The van der Waals surface area contributed by atoms with Gasteiger partial charge in [-0.3, -0.25) is 4.79 Å². The van der Waals surface area contributed by atoms with E-state index in [0.29, 0.717) is 23.4 Å². The molecule has 1 saturated heterocycles. The van der Waals surface area contributed by atoms with Crippen molar-refractivity contribution in [3.05, 3.63) is 99.1 Å². The lowest BCUT2D eigenvalue weighted by molar-refractivity contribution is -0.655. The fourth-order valence-corrected chi connectivity index (χ4v) is 4.85. The molecule has 0 saturated carbocycles. The second-order valence-electron chi connectivity index (χ2n) is 9.84. The minimum atomic E-state index is -1.30. The van der Waals surface area contributed by atoms with Crippen LogP contribution in [-0.2, 0) is 6.54 Å². The number of aryl methyl sites for hydroxylation is 2. The van der Waals surface area contributed by atoms with Crippen LogP contribution in [0.4, 0.5) is 21.5 Å². The van der Waals surface area contributed by atoms with E-state index in [-0.39, 0.29) is 16.5 Å². The fourth-order valence-electron chi connectivity index (χ4n) is 4.85. The molecule has 0 amide bonds. The number of anilines is 3. The molecule has 0 aliphatic carbocycles. The van der Waals surface area contributed by atoms with Gasteiger partial charge >= 0.3 is 5.97 Å². The SMILES string of the molecule is CCn1cc(C(=O)O)c(=O)c2cc(F)c(N3CC[NH2+]CC3)cc21.Cc1cccc(Nc2ccccc2C(=O)[O-])c1C. The first-order valence-corrected chi connectivity index (χ1v) is 13.4. The summed E-state index contributed by atoms with van der Waals surface area (Å²) in [5, 5.41) is 25.6. The first kappa shape index (κ1) is 29.3.